The van der Waals surface area contributed by atoms with Crippen LogP contribution in [0.15, 0.2) is 54.6 Å². The van der Waals surface area contributed by atoms with Crippen LogP contribution in [0.2, 0.25) is 0 Å². The number of ether oxygens (including phenoxy) is 1. The first kappa shape index (κ1) is 19.4. The zero-order valence-corrected chi connectivity index (χ0v) is 15.6. The Morgan fingerprint density at radius 2 is 1.78 bits per heavy atom. The maximum absolute atomic E-state index is 12.2. The highest BCUT2D eigenvalue weighted by Gasteiger charge is 2.18. The molecule has 0 spiro atoms. The molecule has 3 rings (SSSR count). The molecule has 5 nitrogen and oxygen atoms in total. The molecule has 1 amide bonds. The minimum atomic E-state index is -0.447. The molecule has 0 bridgehead atoms. The highest BCUT2D eigenvalue weighted by Crippen LogP contribution is 2.18. The largest absolute Gasteiger partial charge is 0.483 e. The molecule has 2 N–H and O–H groups in total. The van der Waals surface area contributed by atoms with Crippen molar-refractivity contribution < 1.29 is 14.6 Å². The minimum Gasteiger partial charge on any atom is -0.483 e. The van der Waals surface area contributed by atoms with Gasteiger partial charge in [-0.15, -0.1) is 0 Å². The van der Waals surface area contributed by atoms with Gasteiger partial charge >= 0.3 is 0 Å². The highest BCUT2D eigenvalue weighted by molar-refractivity contribution is 5.78. The van der Waals surface area contributed by atoms with Gasteiger partial charge in [-0.25, -0.2) is 0 Å². The summed E-state index contributed by atoms with van der Waals surface area (Å²) in [6.07, 6.45) is 2.34. The summed E-state index contributed by atoms with van der Waals surface area (Å²) in [6, 6.07) is 17.7. The van der Waals surface area contributed by atoms with E-state index >= 15 is 0 Å². The number of nitrogens with zero attached hydrogens (tertiary/aromatic N) is 1. The summed E-state index contributed by atoms with van der Waals surface area (Å²) in [4.78, 5) is 14.0. The third-order valence-corrected chi connectivity index (χ3v) is 4.79. The van der Waals surface area contributed by atoms with Gasteiger partial charge in [0.25, 0.3) is 5.91 Å². The number of carbonyl (C=O) groups is 1. The predicted octanol–water partition coefficient (Wildman–Crippen LogP) is 2.38. The van der Waals surface area contributed by atoms with Gasteiger partial charge in [-0.05, 0) is 30.9 Å². The molecule has 27 heavy (non-hydrogen) atoms. The van der Waals surface area contributed by atoms with E-state index in [-0.39, 0.29) is 12.5 Å². The van der Waals surface area contributed by atoms with E-state index in [4.69, 9.17) is 4.74 Å². The van der Waals surface area contributed by atoms with Crippen LogP contribution < -0.4 is 10.1 Å². The van der Waals surface area contributed by atoms with Crippen molar-refractivity contribution in [2.45, 2.75) is 31.9 Å². The fourth-order valence-electron chi connectivity index (χ4n) is 3.32. The second kappa shape index (κ2) is 10.1. The summed E-state index contributed by atoms with van der Waals surface area (Å²) >= 11 is 0. The molecule has 1 atom stereocenters. The molecule has 2 aromatic rings. The number of hydrogen-bond acceptors (Lipinski definition) is 4. The van der Waals surface area contributed by atoms with Crippen molar-refractivity contribution in [1.29, 1.82) is 0 Å². The van der Waals surface area contributed by atoms with Gasteiger partial charge in [-0.2, -0.15) is 0 Å². The SMILES string of the molecule is O=C(COc1ccccc1CNCC(O)Cc1ccccc1)N1CCCC1. The smallest absolute Gasteiger partial charge is 0.260 e. The Hall–Kier alpha value is -2.37. The average molecular weight is 368 g/mol. The Labute approximate surface area is 161 Å². The van der Waals surface area contributed by atoms with Crippen LogP contribution >= 0.6 is 0 Å². The molecule has 1 heterocycles. The van der Waals surface area contributed by atoms with Gasteiger partial charge in [0.05, 0.1) is 6.10 Å². The Morgan fingerprint density at radius 3 is 2.56 bits per heavy atom. The molecule has 1 aliphatic heterocycles. The van der Waals surface area contributed by atoms with Crippen molar-refractivity contribution in [2.24, 2.45) is 0 Å². The summed E-state index contributed by atoms with van der Waals surface area (Å²) < 4.78 is 5.77. The summed E-state index contributed by atoms with van der Waals surface area (Å²) in [6.45, 7) is 2.83. The van der Waals surface area contributed by atoms with Gasteiger partial charge < -0.3 is 20.1 Å². The number of carbonyl (C=O) groups excluding carboxylic acids is 1. The van der Waals surface area contributed by atoms with Crippen LogP contribution in [0.4, 0.5) is 0 Å². The summed E-state index contributed by atoms with van der Waals surface area (Å²) in [5, 5.41) is 13.5. The van der Waals surface area contributed by atoms with Crippen LogP contribution in [0.1, 0.15) is 24.0 Å². The molecule has 1 fully saturated rings. The molecule has 0 aliphatic carbocycles. The van der Waals surface area contributed by atoms with Crippen molar-refractivity contribution in [1.82, 2.24) is 10.2 Å². The van der Waals surface area contributed by atoms with Crippen LogP contribution in [0.3, 0.4) is 0 Å². The average Bonchev–Trinajstić information content (AvgIpc) is 3.23. The summed E-state index contributed by atoms with van der Waals surface area (Å²) in [7, 11) is 0. The molecule has 1 saturated heterocycles. The first-order valence-electron chi connectivity index (χ1n) is 9.63. The Balaban J connectivity index is 1.45. The topological polar surface area (TPSA) is 61.8 Å². The number of nitrogens with one attached hydrogen (secondary N) is 1. The van der Waals surface area contributed by atoms with Gasteiger partial charge in [0.2, 0.25) is 0 Å². The summed E-state index contributed by atoms with van der Waals surface area (Å²) in [5.74, 6) is 0.767. The number of rotatable bonds is 9. The number of amides is 1. The number of aliphatic hydroxyl groups excluding tert-OH is 1. The molecular weight excluding hydrogens is 340 g/mol. The molecule has 144 valence electrons. The highest BCUT2D eigenvalue weighted by atomic mass is 16.5. The monoisotopic (exact) mass is 368 g/mol. The van der Waals surface area contributed by atoms with Gasteiger partial charge in [-0.1, -0.05) is 48.5 Å². The van der Waals surface area contributed by atoms with Crippen LogP contribution in [-0.4, -0.2) is 48.3 Å². The first-order chi connectivity index (χ1) is 13.2. The molecule has 0 radical (unpaired) electrons. The molecular formula is C22H28N2O3. The zero-order chi connectivity index (χ0) is 18.9. The van der Waals surface area contributed by atoms with Crippen molar-refractivity contribution in [3.63, 3.8) is 0 Å². The lowest BCUT2D eigenvalue weighted by atomic mass is 10.1. The normalized spacial score (nSPS) is 14.9. The molecule has 1 aliphatic rings. The van der Waals surface area contributed by atoms with Crippen molar-refractivity contribution in [3.8, 4) is 5.75 Å². The van der Waals surface area contributed by atoms with E-state index in [9.17, 15) is 9.90 Å². The molecule has 0 saturated carbocycles. The van der Waals surface area contributed by atoms with Gasteiger partial charge in [-0.3, -0.25) is 4.79 Å². The Morgan fingerprint density at radius 1 is 1.07 bits per heavy atom. The number of hydrogen-bond donors (Lipinski definition) is 2. The number of aliphatic hydroxyl groups is 1. The number of likely N-dealkylation sites (tertiary alicyclic amines) is 1. The lowest BCUT2D eigenvalue weighted by Crippen LogP contribution is -2.32. The van der Waals surface area contributed by atoms with Crippen LogP contribution in [0, 0.1) is 0 Å². The van der Waals surface area contributed by atoms with E-state index in [0.29, 0.717) is 19.5 Å². The molecule has 0 aromatic heterocycles. The molecule has 1 unspecified atom stereocenters. The van der Waals surface area contributed by atoms with Gasteiger partial charge in [0.15, 0.2) is 6.61 Å². The quantitative estimate of drug-likeness (QED) is 0.713. The number of para-hydroxylation sites is 1. The van der Waals surface area contributed by atoms with E-state index in [0.717, 1.165) is 42.8 Å². The van der Waals surface area contributed by atoms with E-state index in [1.54, 1.807) is 0 Å². The first-order valence-corrected chi connectivity index (χ1v) is 9.63. The van der Waals surface area contributed by atoms with E-state index in [1.807, 2.05) is 59.5 Å². The third kappa shape index (κ3) is 6.08. The van der Waals surface area contributed by atoms with E-state index in [2.05, 4.69) is 5.32 Å². The van der Waals surface area contributed by atoms with Crippen molar-refractivity contribution in [2.75, 3.05) is 26.2 Å². The van der Waals surface area contributed by atoms with E-state index in [1.165, 1.54) is 0 Å². The number of benzene rings is 2. The lowest BCUT2D eigenvalue weighted by Gasteiger charge is -2.17. The fraction of sp³-hybridized carbons (Fsp3) is 0.409. The van der Waals surface area contributed by atoms with E-state index < -0.39 is 6.10 Å². The van der Waals surface area contributed by atoms with Gasteiger partial charge in [0, 0.05) is 31.7 Å². The maximum Gasteiger partial charge on any atom is 0.260 e. The maximum atomic E-state index is 12.2. The van der Waals surface area contributed by atoms with Crippen LogP contribution in [0.5, 0.6) is 5.75 Å². The zero-order valence-electron chi connectivity index (χ0n) is 15.6. The van der Waals surface area contributed by atoms with Crippen LogP contribution in [0.25, 0.3) is 0 Å². The van der Waals surface area contributed by atoms with Gasteiger partial charge in [0.1, 0.15) is 5.75 Å². The predicted molar refractivity (Wildman–Crippen MR) is 106 cm³/mol. The minimum absolute atomic E-state index is 0.0496. The second-order valence-electron chi connectivity index (χ2n) is 6.96. The van der Waals surface area contributed by atoms with Crippen LogP contribution in [-0.2, 0) is 17.8 Å². The van der Waals surface area contributed by atoms with Crippen molar-refractivity contribution >= 4 is 5.91 Å². The molecule has 5 heteroatoms. The summed E-state index contributed by atoms with van der Waals surface area (Å²) in [5.41, 5.74) is 2.11. The Bertz CT molecular complexity index is 715. The fourth-order valence-corrected chi connectivity index (χ4v) is 3.32. The lowest BCUT2D eigenvalue weighted by molar-refractivity contribution is -0.132. The van der Waals surface area contributed by atoms with Crippen molar-refractivity contribution in [3.05, 3.63) is 65.7 Å². The molecule has 2 aromatic carbocycles. The second-order valence-corrected chi connectivity index (χ2v) is 6.96. The third-order valence-electron chi connectivity index (χ3n) is 4.79. The Kier molecular flexibility index (Phi) is 7.25. The standard InChI is InChI=1S/C22H28N2O3/c25-20(14-18-8-2-1-3-9-18)16-23-15-19-10-4-5-11-21(19)27-17-22(26)24-12-6-7-13-24/h1-5,8-11,20,23,25H,6-7,12-17H2.